The number of likely N-dealkylation sites (tertiary alicyclic amines) is 1. The van der Waals surface area contributed by atoms with Crippen LogP contribution in [0, 0.1) is 0 Å². The quantitative estimate of drug-likeness (QED) is 0.631. The highest BCUT2D eigenvalue weighted by Gasteiger charge is 2.42. The molecule has 1 heterocycles. The van der Waals surface area contributed by atoms with Crippen molar-refractivity contribution < 1.29 is 9.47 Å². The summed E-state index contributed by atoms with van der Waals surface area (Å²) in [5, 5.41) is 0. The monoisotopic (exact) mass is 334 g/mol. The molecule has 0 radical (unpaired) electrons. The molecule has 4 nitrogen and oxygen atoms in total. The fourth-order valence-corrected chi connectivity index (χ4v) is 3.32. The summed E-state index contributed by atoms with van der Waals surface area (Å²) in [6, 6.07) is 10.8. The zero-order valence-corrected chi connectivity index (χ0v) is 15.3. The Hall–Kier alpha value is -0.940. The lowest BCUT2D eigenvalue weighted by molar-refractivity contribution is -0.0587. The summed E-state index contributed by atoms with van der Waals surface area (Å²) in [6.07, 6.45) is 4.71. The Kier molecular flexibility index (Phi) is 8.75. The van der Waals surface area contributed by atoms with Gasteiger partial charge in [0.1, 0.15) is 6.10 Å². The van der Waals surface area contributed by atoms with Gasteiger partial charge in [0.2, 0.25) is 0 Å². The second-order valence-corrected chi connectivity index (χ2v) is 6.67. The van der Waals surface area contributed by atoms with Gasteiger partial charge in [-0.2, -0.15) is 0 Å². The molecule has 4 heteroatoms. The molecule has 2 rings (SSSR count). The van der Waals surface area contributed by atoms with Gasteiger partial charge in [-0.25, -0.2) is 0 Å². The number of hydrogen-bond acceptors (Lipinski definition) is 4. The summed E-state index contributed by atoms with van der Waals surface area (Å²) in [5.41, 5.74) is 7.43. The summed E-state index contributed by atoms with van der Waals surface area (Å²) in [7, 11) is 0. The maximum absolute atomic E-state index is 6.21. The van der Waals surface area contributed by atoms with E-state index in [0.717, 1.165) is 52.0 Å². The molecular formula is C20H34N2O2. The van der Waals surface area contributed by atoms with Gasteiger partial charge >= 0.3 is 0 Å². The molecule has 3 atom stereocenters. The van der Waals surface area contributed by atoms with Crippen LogP contribution in [0.2, 0.25) is 0 Å². The lowest BCUT2D eigenvalue weighted by atomic mass is 10.1. The van der Waals surface area contributed by atoms with E-state index in [-0.39, 0.29) is 18.2 Å². The largest absolute Gasteiger partial charge is 0.374 e. The van der Waals surface area contributed by atoms with E-state index in [4.69, 9.17) is 15.2 Å². The van der Waals surface area contributed by atoms with E-state index in [1.54, 1.807) is 0 Å². The third kappa shape index (κ3) is 5.55. The molecule has 0 spiro atoms. The minimum atomic E-state index is 0.0853. The lowest BCUT2D eigenvalue weighted by Crippen LogP contribution is -2.43. The highest BCUT2D eigenvalue weighted by molar-refractivity contribution is 5.15. The molecule has 1 aliphatic rings. The molecule has 1 fully saturated rings. The molecule has 1 aromatic rings. The molecule has 0 amide bonds. The van der Waals surface area contributed by atoms with E-state index >= 15 is 0 Å². The highest BCUT2D eigenvalue weighted by atomic mass is 16.5. The predicted octanol–water partition coefficient (Wildman–Crippen LogP) is 3.20. The fraction of sp³-hybridized carbons (Fsp3) is 0.700. The van der Waals surface area contributed by atoms with Crippen molar-refractivity contribution in [2.45, 2.75) is 64.3 Å². The van der Waals surface area contributed by atoms with Crippen LogP contribution in [0.15, 0.2) is 30.3 Å². The molecule has 136 valence electrons. The second kappa shape index (κ2) is 10.8. The van der Waals surface area contributed by atoms with Gasteiger partial charge < -0.3 is 15.2 Å². The Morgan fingerprint density at radius 1 is 1.04 bits per heavy atom. The van der Waals surface area contributed by atoms with Gasteiger partial charge in [0.05, 0.1) is 12.1 Å². The van der Waals surface area contributed by atoms with E-state index < -0.39 is 0 Å². The van der Waals surface area contributed by atoms with E-state index in [9.17, 15) is 0 Å². The van der Waals surface area contributed by atoms with Crippen molar-refractivity contribution in [1.82, 2.24) is 4.90 Å². The summed E-state index contributed by atoms with van der Waals surface area (Å²) in [5.74, 6) is 0. The standard InChI is InChI=1S/C20H34N2O2/c1-3-5-12-23-19-16-22(15-17-10-8-7-9-11-17)18(14-21)20(19)24-13-6-4-2/h7-11,18-20H,3-6,12-16,21H2,1-2H3/t18-,19-,20-/m1/s1. The molecule has 0 aliphatic carbocycles. The van der Waals surface area contributed by atoms with Crippen LogP contribution in [0.1, 0.15) is 45.1 Å². The van der Waals surface area contributed by atoms with Gasteiger partial charge in [-0.05, 0) is 18.4 Å². The summed E-state index contributed by atoms with van der Waals surface area (Å²) >= 11 is 0. The van der Waals surface area contributed by atoms with Crippen LogP contribution in [0.5, 0.6) is 0 Å². The average molecular weight is 335 g/mol. The first-order valence-electron chi connectivity index (χ1n) is 9.51. The number of nitrogens with two attached hydrogens (primary N) is 1. The molecule has 24 heavy (non-hydrogen) atoms. The predicted molar refractivity (Wildman–Crippen MR) is 99.0 cm³/mol. The normalized spacial score (nSPS) is 24.5. The van der Waals surface area contributed by atoms with Crippen molar-refractivity contribution in [3.63, 3.8) is 0 Å². The van der Waals surface area contributed by atoms with Crippen LogP contribution in [0.3, 0.4) is 0 Å². The van der Waals surface area contributed by atoms with Crippen molar-refractivity contribution in [3.05, 3.63) is 35.9 Å². The number of hydrogen-bond donors (Lipinski definition) is 1. The van der Waals surface area contributed by atoms with Gasteiger partial charge in [-0.1, -0.05) is 57.0 Å². The van der Waals surface area contributed by atoms with Gasteiger partial charge in [-0.15, -0.1) is 0 Å². The zero-order chi connectivity index (χ0) is 17.2. The van der Waals surface area contributed by atoms with Gasteiger partial charge in [0.15, 0.2) is 0 Å². The smallest absolute Gasteiger partial charge is 0.102 e. The Bertz CT molecular complexity index is 441. The highest BCUT2D eigenvalue weighted by Crippen LogP contribution is 2.26. The SMILES string of the molecule is CCCCO[C@@H]1[C@@H](CN)N(Cc2ccccc2)C[C@H]1OCCCC. The van der Waals surface area contributed by atoms with Crippen molar-refractivity contribution in [2.75, 3.05) is 26.3 Å². The van der Waals surface area contributed by atoms with Gasteiger partial charge in [0, 0.05) is 32.8 Å². The van der Waals surface area contributed by atoms with Crippen molar-refractivity contribution in [3.8, 4) is 0 Å². The van der Waals surface area contributed by atoms with Crippen LogP contribution >= 0.6 is 0 Å². The number of nitrogens with zero attached hydrogens (tertiary/aromatic N) is 1. The summed E-state index contributed by atoms with van der Waals surface area (Å²) in [4.78, 5) is 2.43. The minimum Gasteiger partial charge on any atom is -0.374 e. The molecular weight excluding hydrogens is 300 g/mol. The Morgan fingerprint density at radius 2 is 1.71 bits per heavy atom. The maximum atomic E-state index is 6.21. The third-order valence-electron chi connectivity index (χ3n) is 4.74. The fourth-order valence-electron chi connectivity index (χ4n) is 3.32. The minimum absolute atomic E-state index is 0.0853. The lowest BCUT2D eigenvalue weighted by Gasteiger charge is -2.27. The van der Waals surface area contributed by atoms with Crippen molar-refractivity contribution in [2.24, 2.45) is 5.73 Å². The topological polar surface area (TPSA) is 47.7 Å². The number of unbranched alkanes of at least 4 members (excludes halogenated alkanes) is 2. The molecule has 0 saturated carbocycles. The van der Waals surface area contributed by atoms with Crippen LogP contribution < -0.4 is 5.73 Å². The Balaban J connectivity index is 2.01. The van der Waals surface area contributed by atoms with Crippen molar-refractivity contribution >= 4 is 0 Å². The molecule has 0 unspecified atom stereocenters. The molecule has 1 aromatic carbocycles. The zero-order valence-electron chi connectivity index (χ0n) is 15.3. The first-order chi connectivity index (χ1) is 11.8. The van der Waals surface area contributed by atoms with E-state index in [1.807, 2.05) is 0 Å². The molecule has 2 N–H and O–H groups in total. The Morgan fingerprint density at radius 3 is 2.33 bits per heavy atom. The second-order valence-electron chi connectivity index (χ2n) is 6.67. The molecule has 0 bridgehead atoms. The van der Waals surface area contributed by atoms with Crippen LogP contribution in [0.25, 0.3) is 0 Å². The van der Waals surface area contributed by atoms with Crippen LogP contribution in [0.4, 0.5) is 0 Å². The number of rotatable bonds is 11. The molecule has 1 aliphatic heterocycles. The molecule has 0 aromatic heterocycles. The maximum Gasteiger partial charge on any atom is 0.102 e. The number of benzene rings is 1. The van der Waals surface area contributed by atoms with E-state index in [0.29, 0.717) is 6.54 Å². The average Bonchev–Trinajstić information content (AvgIpc) is 2.93. The number of ether oxygens (including phenoxy) is 2. The third-order valence-corrected chi connectivity index (χ3v) is 4.74. The van der Waals surface area contributed by atoms with Gasteiger partial charge in [0.25, 0.3) is 0 Å². The first kappa shape index (κ1) is 19.4. The summed E-state index contributed by atoms with van der Waals surface area (Å²) < 4.78 is 12.4. The Labute approximate surface area is 147 Å². The van der Waals surface area contributed by atoms with E-state index in [1.165, 1.54) is 5.56 Å². The summed E-state index contributed by atoms with van der Waals surface area (Å²) in [6.45, 7) is 8.40. The van der Waals surface area contributed by atoms with E-state index in [2.05, 4.69) is 49.1 Å². The van der Waals surface area contributed by atoms with Gasteiger partial charge in [-0.3, -0.25) is 4.90 Å². The van der Waals surface area contributed by atoms with Crippen LogP contribution in [-0.4, -0.2) is 49.5 Å². The van der Waals surface area contributed by atoms with Crippen LogP contribution in [-0.2, 0) is 16.0 Å². The van der Waals surface area contributed by atoms with Crippen molar-refractivity contribution in [1.29, 1.82) is 0 Å². The molecule has 1 saturated heterocycles. The first-order valence-corrected chi connectivity index (χ1v) is 9.51.